The highest BCUT2D eigenvalue weighted by molar-refractivity contribution is 7.98. The second kappa shape index (κ2) is 8.20. The summed E-state index contributed by atoms with van der Waals surface area (Å²) in [7, 11) is 2.15. The van der Waals surface area contributed by atoms with Crippen LogP contribution in [0.3, 0.4) is 0 Å². The first kappa shape index (κ1) is 15.1. The summed E-state index contributed by atoms with van der Waals surface area (Å²) in [6.45, 7) is 3.08. The van der Waals surface area contributed by atoms with Gasteiger partial charge >= 0.3 is 0 Å². The van der Waals surface area contributed by atoms with E-state index in [1.807, 2.05) is 23.9 Å². The van der Waals surface area contributed by atoms with Gasteiger partial charge in [-0.15, -0.1) is 0 Å². The highest BCUT2D eigenvalue weighted by Gasteiger charge is 2.08. The molecule has 0 bridgehead atoms. The molecule has 0 aliphatic heterocycles. The van der Waals surface area contributed by atoms with Crippen molar-refractivity contribution in [3.63, 3.8) is 0 Å². The number of thioether (sulfide) groups is 1. The maximum absolute atomic E-state index is 8.69. The van der Waals surface area contributed by atoms with E-state index in [2.05, 4.69) is 49.1 Å². The van der Waals surface area contributed by atoms with Crippen molar-refractivity contribution in [2.45, 2.75) is 19.5 Å². The van der Waals surface area contributed by atoms with Gasteiger partial charge in [-0.3, -0.25) is 4.90 Å². The van der Waals surface area contributed by atoms with Crippen LogP contribution >= 0.6 is 11.8 Å². The predicted octanol–water partition coefficient (Wildman–Crippen LogP) is 2.21. The van der Waals surface area contributed by atoms with E-state index in [4.69, 9.17) is 5.11 Å². The fourth-order valence-corrected chi connectivity index (χ4v) is 2.44. The van der Waals surface area contributed by atoms with Gasteiger partial charge in [-0.1, -0.05) is 24.0 Å². The summed E-state index contributed by atoms with van der Waals surface area (Å²) in [4.78, 5) is 2.34. The number of benzene rings is 1. The van der Waals surface area contributed by atoms with Gasteiger partial charge in [0.1, 0.15) is 6.61 Å². The second-order valence-electron chi connectivity index (χ2n) is 4.38. The molecule has 0 amide bonds. The van der Waals surface area contributed by atoms with E-state index < -0.39 is 0 Å². The van der Waals surface area contributed by atoms with Crippen molar-refractivity contribution in [3.8, 4) is 11.8 Å². The first-order chi connectivity index (χ1) is 8.67. The second-order valence-corrected chi connectivity index (χ2v) is 5.29. The molecule has 0 spiro atoms. The van der Waals surface area contributed by atoms with Gasteiger partial charge in [-0.25, -0.2) is 0 Å². The summed E-state index contributed by atoms with van der Waals surface area (Å²) in [6.07, 6.45) is 2.13. The van der Waals surface area contributed by atoms with Crippen LogP contribution in [-0.2, 0) is 6.54 Å². The highest BCUT2D eigenvalue weighted by Crippen LogP contribution is 2.11. The summed E-state index contributed by atoms with van der Waals surface area (Å²) in [5.74, 6) is 6.76. The molecule has 0 aliphatic rings. The van der Waals surface area contributed by atoms with Gasteiger partial charge in [0.05, 0.1) is 0 Å². The summed E-state index contributed by atoms with van der Waals surface area (Å²) in [5, 5.41) is 8.69. The lowest BCUT2D eigenvalue weighted by Gasteiger charge is -2.24. The van der Waals surface area contributed by atoms with Crippen molar-refractivity contribution >= 4 is 11.8 Å². The average molecular weight is 263 g/mol. The van der Waals surface area contributed by atoms with Gasteiger partial charge in [-0.2, -0.15) is 11.8 Å². The van der Waals surface area contributed by atoms with Crippen LogP contribution in [0.2, 0.25) is 0 Å². The van der Waals surface area contributed by atoms with E-state index in [0.717, 1.165) is 17.9 Å². The third kappa shape index (κ3) is 5.14. The zero-order valence-corrected chi connectivity index (χ0v) is 12.1. The van der Waals surface area contributed by atoms with Gasteiger partial charge in [0.2, 0.25) is 0 Å². The van der Waals surface area contributed by atoms with Crippen LogP contribution in [0, 0.1) is 11.8 Å². The third-order valence-corrected chi connectivity index (χ3v) is 3.65. The van der Waals surface area contributed by atoms with Crippen molar-refractivity contribution < 1.29 is 5.11 Å². The summed E-state index contributed by atoms with van der Waals surface area (Å²) in [5.41, 5.74) is 2.22. The van der Waals surface area contributed by atoms with E-state index >= 15 is 0 Å². The Hall–Kier alpha value is -0.950. The number of hydrogen-bond donors (Lipinski definition) is 1. The molecule has 18 heavy (non-hydrogen) atoms. The Labute approximate surface area is 114 Å². The van der Waals surface area contributed by atoms with Crippen LogP contribution in [0.5, 0.6) is 0 Å². The number of aliphatic hydroxyl groups excluding tert-OH is 1. The molecule has 0 fully saturated rings. The molecule has 0 aliphatic carbocycles. The van der Waals surface area contributed by atoms with Gasteiger partial charge in [0, 0.05) is 23.9 Å². The molecule has 0 radical (unpaired) electrons. The Bertz CT molecular complexity index is 422. The lowest BCUT2D eigenvalue weighted by atomic mass is 10.1. The minimum absolute atomic E-state index is 0.0884. The third-order valence-electron chi connectivity index (χ3n) is 2.83. The minimum Gasteiger partial charge on any atom is -0.384 e. The highest BCUT2D eigenvalue weighted by atomic mass is 32.2. The fraction of sp³-hybridized carbons (Fsp3) is 0.467. The molecule has 98 valence electrons. The van der Waals surface area contributed by atoms with Crippen molar-refractivity contribution in [3.05, 3.63) is 35.4 Å². The van der Waals surface area contributed by atoms with Crippen LogP contribution in [0.4, 0.5) is 0 Å². The summed E-state index contributed by atoms with van der Waals surface area (Å²) >= 11 is 1.87. The SMILES string of the molecule is CSCC(C)N(C)Cc1cccc(C#CCO)c1. The molecule has 0 saturated carbocycles. The van der Waals surface area contributed by atoms with Crippen LogP contribution in [0.1, 0.15) is 18.1 Å². The van der Waals surface area contributed by atoms with E-state index in [1.54, 1.807) is 0 Å². The summed E-state index contributed by atoms with van der Waals surface area (Å²) < 4.78 is 0. The Balaban J connectivity index is 2.67. The maximum Gasteiger partial charge on any atom is 0.104 e. The molecule has 0 saturated heterocycles. The zero-order chi connectivity index (χ0) is 13.4. The lowest BCUT2D eigenvalue weighted by Crippen LogP contribution is -2.30. The van der Waals surface area contributed by atoms with Crippen molar-refractivity contribution in [2.75, 3.05) is 25.7 Å². The molecular weight excluding hydrogens is 242 g/mol. The Kier molecular flexibility index (Phi) is 6.89. The molecule has 2 nitrogen and oxygen atoms in total. The molecule has 1 rings (SSSR count). The molecule has 1 unspecified atom stereocenters. The zero-order valence-electron chi connectivity index (χ0n) is 11.3. The first-order valence-electron chi connectivity index (χ1n) is 6.05. The lowest BCUT2D eigenvalue weighted by molar-refractivity contribution is 0.270. The average Bonchev–Trinajstić information content (AvgIpc) is 2.37. The van der Waals surface area contributed by atoms with Gasteiger partial charge in [-0.05, 0) is 37.9 Å². The van der Waals surface area contributed by atoms with E-state index in [-0.39, 0.29) is 6.61 Å². The van der Waals surface area contributed by atoms with Crippen LogP contribution in [0.15, 0.2) is 24.3 Å². The number of hydrogen-bond acceptors (Lipinski definition) is 3. The van der Waals surface area contributed by atoms with Crippen molar-refractivity contribution in [2.24, 2.45) is 0 Å². The van der Waals surface area contributed by atoms with Crippen LogP contribution in [0.25, 0.3) is 0 Å². The van der Waals surface area contributed by atoms with E-state index in [9.17, 15) is 0 Å². The van der Waals surface area contributed by atoms with Gasteiger partial charge in [0.25, 0.3) is 0 Å². The smallest absolute Gasteiger partial charge is 0.104 e. The van der Waals surface area contributed by atoms with Crippen molar-refractivity contribution in [1.29, 1.82) is 0 Å². The van der Waals surface area contributed by atoms with Gasteiger partial charge in [0.15, 0.2) is 0 Å². The maximum atomic E-state index is 8.69. The van der Waals surface area contributed by atoms with E-state index in [1.165, 1.54) is 5.56 Å². The molecule has 3 heteroatoms. The molecule has 1 aromatic carbocycles. The number of nitrogens with zero attached hydrogens (tertiary/aromatic N) is 1. The molecule has 1 aromatic rings. The number of aliphatic hydroxyl groups is 1. The van der Waals surface area contributed by atoms with Crippen LogP contribution < -0.4 is 0 Å². The van der Waals surface area contributed by atoms with Crippen LogP contribution in [-0.4, -0.2) is 41.7 Å². The topological polar surface area (TPSA) is 23.5 Å². The molecule has 1 N–H and O–H groups in total. The number of rotatable bonds is 5. The summed E-state index contributed by atoms with van der Waals surface area (Å²) in [6, 6.07) is 8.76. The fourth-order valence-electron chi connectivity index (χ4n) is 1.70. The monoisotopic (exact) mass is 263 g/mol. The predicted molar refractivity (Wildman–Crippen MR) is 79.7 cm³/mol. The Morgan fingerprint density at radius 2 is 2.22 bits per heavy atom. The molecular formula is C15H21NOS. The standard InChI is InChI=1S/C15H21NOS/c1-13(12-18-3)16(2)11-15-7-4-6-14(10-15)8-5-9-17/h4,6-7,10,13,17H,9,11-12H2,1-3H3. The van der Waals surface area contributed by atoms with E-state index in [0.29, 0.717) is 6.04 Å². The van der Waals surface area contributed by atoms with Gasteiger partial charge < -0.3 is 5.11 Å². The quantitative estimate of drug-likeness (QED) is 0.824. The minimum atomic E-state index is -0.0884. The molecule has 1 atom stereocenters. The Morgan fingerprint density at radius 1 is 1.44 bits per heavy atom. The normalized spacial score (nSPS) is 12.1. The van der Waals surface area contributed by atoms with Crippen molar-refractivity contribution in [1.82, 2.24) is 4.90 Å². The Morgan fingerprint density at radius 3 is 2.89 bits per heavy atom. The first-order valence-corrected chi connectivity index (χ1v) is 7.44. The molecule has 0 aromatic heterocycles. The largest absolute Gasteiger partial charge is 0.384 e. The molecule has 0 heterocycles.